The van der Waals surface area contributed by atoms with E-state index in [1.807, 2.05) is 18.2 Å². The minimum atomic E-state index is -0.00833. The standard InChI is InChI=1S/C9H8BrNO2/c10-4-8-11-9-6(5-12)2-1-3-7(9)13-8/h1-3,12H,4-5H2. The zero-order chi connectivity index (χ0) is 9.26. The molecular formula is C9H8BrNO2. The monoisotopic (exact) mass is 241 g/mol. The smallest absolute Gasteiger partial charge is 0.206 e. The summed E-state index contributed by atoms with van der Waals surface area (Å²) < 4.78 is 5.39. The van der Waals surface area contributed by atoms with Crippen molar-refractivity contribution in [3.05, 3.63) is 29.7 Å². The summed E-state index contributed by atoms with van der Waals surface area (Å²) in [6.07, 6.45) is 0. The molecular weight excluding hydrogens is 234 g/mol. The predicted octanol–water partition coefficient (Wildman–Crippen LogP) is 2.21. The second-order valence-corrected chi connectivity index (χ2v) is 3.22. The van der Waals surface area contributed by atoms with Crippen molar-refractivity contribution in [3.63, 3.8) is 0 Å². The number of hydrogen-bond donors (Lipinski definition) is 1. The second-order valence-electron chi connectivity index (χ2n) is 2.66. The van der Waals surface area contributed by atoms with Crippen molar-refractivity contribution >= 4 is 27.0 Å². The number of nitrogens with zero attached hydrogens (tertiary/aromatic N) is 1. The number of halogens is 1. The number of benzene rings is 1. The number of oxazole rings is 1. The number of alkyl halides is 1. The van der Waals surface area contributed by atoms with Gasteiger partial charge in [-0.3, -0.25) is 0 Å². The first-order valence-electron chi connectivity index (χ1n) is 3.89. The molecule has 3 nitrogen and oxygen atoms in total. The third-order valence-corrected chi connectivity index (χ3v) is 2.31. The molecule has 0 aliphatic rings. The van der Waals surface area contributed by atoms with Crippen LogP contribution in [0.4, 0.5) is 0 Å². The van der Waals surface area contributed by atoms with Gasteiger partial charge in [-0.2, -0.15) is 0 Å². The molecule has 13 heavy (non-hydrogen) atoms. The lowest BCUT2D eigenvalue weighted by Gasteiger charge is -1.93. The van der Waals surface area contributed by atoms with Crippen LogP contribution in [0.3, 0.4) is 0 Å². The summed E-state index contributed by atoms with van der Waals surface area (Å²) in [5, 5.41) is 9.61. The maximum absolute atomic E-state index is 9.02. The van der Waals surface area contributed by atoms with Crippen LogP contribution in [0.25, 0.3) is 11.1 Å². The highest BCUT2D eigenvalue weighted by molar-refractivity contribution is 9.08. The first kappa shape index (κ1) is 8.72. The van der Waals surface area contributed by atoms with Crippen LogP contribution < -0.4 is 0 Å². The fourth-order valence-electron chi connectivity index (χ4n) is 1.24. The van der Waals surface area contributed by atoms with Gasteiger partial charge in [0.1, 0.15) is 5.52 Å². The minimum absolute atomic E-state index is 0.00833. The number of aromatic nitrogens is 1. The number of rotatable bonds is 2. The molecule has 0 aliphatic heterocycles. The minimum Gasteiger partial charge on any atom is -0.440 e. The van der Waals surface area contributed by atoms with Crippen LogP contribution in [-0.4, -0.2) is 10.1 Å². The van der Waals surface area contributed by atoms with E-state index in [0.717, 1.165) is 16.7 Å². The Bertz CT molecular complexity index is 424. The van der Waals surface area contributed by atoms with E-state index in [-0.39, 0.29) is 6.61 Å². The zero-order valence-corrected chi connectivity index (χ0v) is 8.41. The van der Waals surface area contributed by atoms with Crippen LogP contribution in [0, 0.1) is 0 Å². The highest BCUT2D eigenvalue weighted by atomic mass is 79.9. The Balaban J connectivity index is 2.67. The summed E-state index contributed by atoms with van der Waals surface area (Å²) in [6.45, 7) is -0.00833. The van der Waals surface area contributed by atoms with Gasteiger partial charge in [0.2, 0.25) is 5.89 Å². The summed E-state index contributed by atoms with van der Waals surface area (Å²) in [4.78, 5) is 4.23. The van der Waals surface area contributed by atoms with Crippen LogP contribution in [0.5, 0.6) is 0 Å². The highest BCUT2D eigenvalue weighted by Gasteiger charge is 2.07. The number of para-hydroxylation sites is 1. The largest absolute Gasteiger partial charge is 0.440 e. The summed E-state index contributed by atoms with van der Waals surface area (Å²) in [7, 11) is 0. The number of aliphatic hydroxyl groups excluding tert-OH is 1. The molecule has 0 amide bonds. The van der Waals surface area contributed by atoms with E-state index in [0.29, 0.717) is 11.2 Å². The van der Waals surface area contributed by atoms with E-state index in [9.17, 15) is 0 Å². The average molecular weight is 242 g/mol. The fraction of sp³-hybridized carbons (Fsp3) is 0.222. The van der Waals surface area contributed by atoms with Crippen molar-refractivity contribution in [2.24, 2.45) is 0 Å². The molecule has 68 valence electrons. The highest BCUT2D eigenvalue weighted by Crippen LogP contribution is 2.20. The molecule has 4 heteroatoms. The topological polar surface area (TPSA) is 46.3 Å². The van der Waals surface area contributed by atoms with Gasteiger partial charge in [0.05, 0.1) is 11.9 Å². The molecule has 0 saturated carbocycles. The summed E-state index contributed by atoms with van der Waals surface area (Å²) in [5.41, 5.74) is 2.27. The van der Waals surface area contributed by atoms with E-state index < -0.39 is 0 Å². The lowest BCUT2D eigenvalue weighted by Crippen LogP contribution is -1.84. The van der Waals surface area contributed by atoms with Gasteiger partial charge in [0, 0.05) is 5.56 Å². The van der Waals surface area contributed by atoms with E-state index in [4.69, 9.17) is 9.52 Å². The summed E-state index contributed by atoms with van der Waals surface area (Å²) in [5.74, 6) is 0.635. The molecule has 1 heterocycles. The van der Waals surface area contributed by atoms with E-state index >= 15 is 0 Å². The summed E-state index contributed by atoms with van der Waals surface area (Å²) in [6, 6.07) is 5.52. The van der Waals surface area contributed by atoms with E-state index in [1.165, 1.54) is 0 Å². The van der Waals surface area contributed by atoms with E-state index in [2.05, 4.69) is 20.9 Å². The van der Waals surface area contributed by atoms with Crippen molar-refractivity contribution in [1.29, 1.82) is 0 Å². The Morgan fingerprint density at radius 1 is 1.46 bits per heavy atom. The van der Waals surface area contributed by atoms with Gasteiger partial charge in [-0.05, 0) is 6.07 Å². The fourth-order valence-corrected chi connectivity index (χ4v) is 1.48. The second kappa shape index (κ2) is 3.47. The first-order chi connectivity index (χ1) is 6.35. The number of fused-ring (bicyclic) bond motifs is 1. The molecule has 2 rings (SSSR count). The molecule has 0 bridgehead atoms. The molecule has 1 N–H and O–H groups in total. The Morgan fingerprint density at radius 3 is 3.00 bits per heavy atom. The number of hydrogen-bond acceptors (Lipinski definition) is 3. The van der Waals surface area contributed by atoms with Gasteiger partial charge >= 0.3 is 0 Å². The third-order valence-electron chi connectivity index (χ3n) is 1.83. The Kier molecular flexibility index (Phi) is 2.33. The molecule has 1 aromatic heterocycles. The maximum Gasteiger partial charge on any atom is 0.206 e. The average Bonchev–Trinajstić information content (AvgIpc) is 2.59. The quantitative estimate of drug-likeness (QED) is 0.821. The lowest BCUT2D eigenvalue weighted by atomic mass is 10.2. The van der Waals surface area contributed by atoms with Gasteiger partial charge < -0.3 is 9.52 Å². The maximum atomic E-state index is 9.02. The van der Waals surface area contributed by atoms with Crippen molar-refractivity contribution in [3.8, 4) is 0 Å². The zero-order valence-electron chi connectivity index (χ0n) is 6.83. The number of aliphatic hydroxyl groups is 1. The molecule has 0 radical (unpaired) electrons. The molecule has 0 spiro atoms. The molecule has 1 aromatic carbocycles. The van der Waals surface area contributed by atoms with Crippen LogP contribution >= 0.6 is 15.9 Å². The third kappa shape index (κ3) is 1.47. The molecule has 0 fully saturated rings. The Morgan fingerprint density at radius 2 is 2.31 bits per heavy atom. The van der Waals surface area contributed by atoms with Crippen LogP contribution in [0.2, 0.25) is 0 Å². The van der Waals surface area contributed by atoms with E-state index in [1.54, 1.807) is 0 Å². The SMILES string of the molecule is OCc1cccc2oc(CBr)nc12. The van der Waals surface area contributed by atoms with Crippen LogP contribution in [0.1, 0.15) is 11.5 Å². The Labute approximate surface area is 83.5 Å². The molecule has 0 aliphatic carbocycles. The molecule has 0 atom stereocenters. The van der Waals surface area contributed by atoms with Crippen molar-refractivity contribution < 1.29 is 9.52 Å². The van der Waals surface area contributed by atoms with Gasteiger partial charge in [-0.1, -0.05) is 28.1 Å². The Hall–Kier alpha value is -0.870. The molecule has 0 unspecified atom stereocenters. The first-order valence-corrected chi connectivity index (χ1v) is 5.01. The molecule has 0 saturated heterocycles. The van der Waals surface area contributed by atoms with Crippen LogP contribution in [-0.2, 0) is 11.9 Å². The summed E-state index contributed by atoms with van der Waals surface area (Å²) >= 11 is 3.26. The normalized spacial score (nSPS) is 10.9. The van der Waals surface area contributed by atoms with Gasteiger partial charge in [-0.25, -0.2) is 4.98 Å². The van der Waals surface area contributed by atoms with Crippen LogP contribution in [0.15, 0.2) is 22.6 Å². The predicted molar refractivity (Wildman–Crippen MR) is 52.6 cm³/mol. The van der Waals surface area contributed by atoms with Crippen molar-refractivity contribution in [2.75, 3.05) is 0 Å². The van der Waals surface area contributed by atoms with Gasteiger partial charge in [0.25, 0.3) is 0 Å². The van der Waals surface area contributed by atoms with Gasteiger partial charge in [0.15, 0.2) is 5.58 Å². The van der Waals surface area contributed by atoms with Crippen molar-refractivity contribution in [1.82, 2.24) is 4.98 Å². The van der Waals surface area contributed by atoms with Crippen molar-refractivity contribution in [2.45, 2.75) is 11.9 Å². The molecule has 2 aromatic rings. The lowest BCUT2D eigenvalue weighted by molar-refractivity contribution is 0.283. The van der Waals surface area contributed by atoms with Gasteiger partial charge in [-0.15, -0.1) is 0 Å².